The van der Waals surface area contributed by atoms with Crippen LogP contribution < -0.4 is 0 Å². The molecule has 0 aromatic carbocycles. The topological polar surface area (TPSA) is 74.5 Å². The fourth-order valence-corrected chi connectivity index (χ4v) is 2.21. The minimum atomic E-state index is -0.847. The summed E-state index contributed by atoms with van der Waals surface area (Å²) in [5, 5.41) is 19.0. The lowest BCUT2D eigenvalue weighted by atomic mass is 10.1. The minimum absolute atomic E-state index is 0.229. The van der Waals surface area contributed by atoms with Crippen LogP contribution in [0.1, 0.15) is 6.92 Å². The monoisotopic (exact) mass is 238 g/mol. The normalized spacial score (nSPS) is 39.5. The fraction of sp³-hybridized carbons (Fsp3) is 0.545. The number of hydrogen-bond acceptors (Lipinski definition) is 6. The summed E-state index contributed by atoms with van der Waals surface area (Å²) in [6.45, 7) is 5.46. The van der Waals surface area contributed by atoms with E-state index in [1.807, 2.05) is 13.1 Å². The lowest BCUT2D eigenvalue weighted by Gasteiger charge is -2.23. The van der Waals surface area contributed by atoms with Crippen molar-refractivity contribution in [3.8, 4) is 0 Å². The lowest BCUT2D eigenvalue weighted by Crippen LogP contribution is -2.34. The third kappa shape index (κ3) is 1.41. The van der Waals surface area contributed by atoms with Crippen molar-refractivity contribution in [2.45, 2.75) is 31.5 Å². The summed E-state index contributed by atoms with van der Waals surface area (Å²) in [4.78, 5) is 5.93. The van der Waals surface area contributed by atoms with Crippen LogP contribution in [0, 0.1) is 0 Å². The number of amidine groups is 1. The van der Waals surface area contributed by atoms with Crippen LogP contribution in [0.4, 0.5) is 0 Å². The Morgan fingerprint density at radius 1 is 1.59 bits per heavy atom. The highest BCUT2D eigenvalue weighted by Gasteiger charge is 2.54. The van der Waals surface area contributed by atoms with E-state index in [0.29, 0.717) is 11.7 Å². The van der Waals surface area contributed by atoms with Gasteiger partial charge < -0.3 is 19.7 Å². The van der Waals surface area contributed by atoms with Crippen molar-refractivity contribution in [3.63, 3.8) is 0 Å². The highest BCUT2D eigenvalue weighted by atomic mass is 16.6. The molecule has 4 atom stereocenters. The summed E-state index contributed by atoms with van der Waals surface area (Å²) < 4.78 is 11.1. The molecule has 0 aromatic rings. The SMILES string of the molecule is C=C1N=C2O[C@H]3C(O)[C@@H](CO)O[C@H]3N2C=C1C. The Balaban J connectivity index is 1.90. The molecule has 2 N–H and O–H groups in total. The number of aliphatic imine (C=N–C) groups is 1. The Hall–Kier alpha value is -1.37. The van der Waals surface area contributed by atoms with Crippen molar-refractivity contribution in [2.24, 2.45) is 4.99 Å². The molecular weight excluding hydrogens is 224 g/mol. The molecule has 2 fully saturated rings. The minimum Gasteiger partial charge on any atom is -0.454 e. The van der Waals surface area contributed by atoms with Gasteiger partial charge in [-0.3, -0.25) is 4.90 Å². The van der Waals surface area contributed by atoms with Crippen LogP contribution in [0.15, 0.2) is 29.0 Å². The van der Waals surface area contributed by atoms with Gasteiger partial charge in [0.25, 0.3) is 6.02 Å². The van der Waals surface area contributed by atoms with E-state index >= 15 is 0 Å². The highest BCUT2D eigenvalue weighted by molar-refractivity contribution is 5.81. The summed E-state index contributed by atoms with van der Waals surface area (Å²) in [6.07, 6.45) is -0.558. The van der Waals surface area contributed by atoms with E-state index in [1.54, 1.807) is 4.90 Å². The van der Waals surface area contributed by atoms with E-state index in [9.17, 15) is 5.11 Å². The Labute approximate surface area is 98.5 Å². The standard InChI is InChI=1S/C11H14N2O4/c1-5-3-13-10-9(8(15)7(4-14)16-10)17-11(13)12-6(5)2/h3,7-10,14-15H,2,4H2,1H3/t7-,8?,9+,10-/m1/s1. The molecule has 0 aromatic heterocycles. The third-order valence-corrected chi connectivity index (χ3v) is 3.25. The van der Waals surface area contributed by atoms with Crippen LogP contribution in [-0.2, 0) is 9.47 Å². The molecule has 0 saturated carbocycles. The van der Waals surface area contributed by atoms with Gasteiger partial charge in [-0.2, -0.15) is 4.99 Å². The molecule has 1 unspecified atom stereocenters. The molecule has 0 spiro atoms. The maximum absolute atomic E-state index is 9.90. The Morgan fingerprint density at radius 2 is 2.35 bits per heavy atom. The number of nitrogens with zero attached hydrogens (tertiary/aromatic N) is 2. The number of aliphatic hydroxyl groups excluding tert-OH is 2. The molecule has 3 aliphatic heterocycles. The summed E-state index contributed by atoms with van der Waals surface area (Å²) in [5.41, 5.74) is 1.56. The van der Waals surface area contributed by atoms with Gasteiger partial charge >= 0.3 is 0 Å². The summed E-state index contributed by atoms with van der Waals surface area (Å²) >= 11 is 0. The largest absolute Gasteiger partial charge is 0.454 e. The Bertz CT molecular complexity index is 431. The molecule has 6 heteroatoms. The van der Waals surface area contributed by atoms with Crippen LogP contribution in [0.3, 0.4) is 0 Å². The second kappa shape index (κ2) is 3.56. The number of hydrogen-bond donors (Lipinski definition) is 2. The van der Waals surface area contributed by atoms with Crippen molar-refractivity contribution in [3.05, 3.63) is 24.0 Å². The van der Waals surface area contributed by atoms with E-state index in [-0.39, 0.29) is 6.61 Å². The maximum Gasteiger partial charge on any atom is 0.299 e. The van der Waals surface area contributed by atoms with Crippen molar-refractivity contribution in [1.82, 2.24) is 4.90 Å². The third-order valence-electron chi connectivity index (χ3n) is 3.25. The number of fused-ring (bicyclic) bond motifs is 3. The highest BCUT2D eigenvalue weighted by Crippen LogP contribution is 2.35. The number of ether oxygens (including phenoxy) is 2. The van der Waals surface area contributed by atoms with Gasteiger partial charge in [-0.1, -0.05) is 6.58 Å². The first-order valence-corrected chi connectivity index (χ1v) is 5.47. The van der Waals surface area contributed by atoms with Gasteiger partial charge in [-0.05, 0) is 12.5 Å². The van der Waals surface area contributed by atoms with Crippen LogP contribution in [-0.4, -0.2) is 52.3 Å². The number of rotatable bonds is 1. The zero-order valence-corrected chi connectivity index (χ0v) is 9.41. The molecule has 92 valence electrons. The molecule has 3 aliphatic rings. The van der Waals surface area contributed by atoms with Gasteiger partial charge in [0.05, 0.1) is 12.3 Å². The lowest BCUT2D eigenvalue weighted by molar-refractivity contribution is -0.0475. The Kier molecular flexibility index (Phi) is 2.25. The first-order valence-electron chi connectivity index (χ1n) is 5.47. The van der Waals surface area contributed by atoms with Gasteiger partial charge in [0.1, 0.15) is 12.2 Å². The zero-order valence-electron chi connectivity index (χ0n) is 9.41. The molecule has 0 radical (unpaired) electrons. The maximum atomic E-state index is 9.90. The quantitative estimate of drug-likeness (QED) is 0.647. The van der Waals surface area contributed by atoms with E-state index < -0.39 is 24.5 Å². The van der Waals surface area contributed by atoms with Gasteiger partial charge in [-0.25, -0.2) is 0 Å². The average Bonchev–Trinajstić information content (AvgIpc) is 2.78. The van der Waals surface area contributed by atoms with Crippen LogP contribution >= 0.6 is 0 Å². The fourth-order valence-electron chi connectivity index (χ4n) is 2.21. The zero-order chi connectivity index (χ0) is 12.2. The molecule has 0 bridgehead atoms. The molecule has 0 amide bonds. The van der Waals surface area contributed by atoms with Crippen molar-refractivity contribution in [2.75, 3.05) is 6.61 Å². The first kappa shape index (κ1) is 10.8. The molecule has 2 saturated heterocycles. The van der Waals surface area contributed by atoms with E-state index in [4.69, 9.17) is 14.6 Å². The van der Waals surface area contributed by atoms with E-state index in [2.05, 4.69) is 11.6 Å². The van der Waals surface area contributed by atoms with E-state index in [0.717, 1.165) is 5.57 Å². The summed E-state index contributed by atoms with van der Waals surface area (Å²) in [6, 6.07) is 0.394. The summed E-state index contributed by atoms with van der Waals surface area (Å²) in [7, 11) is 0. The number of aliphatic hydroxyl groups is 2. The first-order chi connectivity index (χ1) is 8.11. The average molecular weight is 238 g/mol. The molecule has 17 heavy (non-hydrogen) atoms. The molecule has 0 aliphatic carbocycles. The van der Waals surface area contributed by atoms with Crippen LogP contribution in [0.2, 0.25) is 0 Å². The molecule has 3 rings (SSSR count). The number of allylic oxidation sites excluding steroid dienone is 1. The van der Waals surface area contributed by atoms with Crippen molar-refractivity contribution in [1.29, 1.82) is 0 Å². The predicted molar refractivity (Wildman–Crippen MR) is 58.8 cm³/mol. The molecular formula is C11H14N2O4. The van der Waals surface area contributed by atoms with Crippen molar-refractivity contribution < 1.29 is 19.7 Å². The van der Waals surface area contributed by atoms with Gasteiger partial charge in [-0.15, -0.1) is 0 Å². The second-order valence-corrected chi connectivity index (χ2v) is 4.38. The summed E-state index contributed by atoms with van der Waals surface area (Å²) in [5.74, 6) is 0. The molecule has 6 nitrogen and oxygen atoms in total. The smallest absolute Gasteiger partial charge is 0.299 e. The van der Waals surface area contributed by atoms with Crippen molar-refractivity contribution >= 4 is 6.02 Å². The molecule has 3 heterocycles. The van der Waals surface area contributed by atoms with Crippen LogP contribution in [0.25, 0.3) is 0 Å². The second-order valence-electron chi connectivity index (χ2n) is 4.38. The van der Waals surface area contributed by atoms with Gasteiger partial charge in [0.15, 0.2) is 12.3 Å². The van der Waals surface area contributed by atoms with Gasteiger partial charge in [0, 0.05) is 6.20 Å². The van der Waals surface area contributed by atoms with Crippen LogP contribution in [0.5, 0.6) is 0 Å². The van der Waals surface area contributed by atoms with Gasteiger partial charge in [0.2, 0.25) is 0 Å². The predicted octanol–water partition coefficient (Wildman–Crippen LogP) is -0.448. The Morgan fingerprint density at radius 3 is 3.06 bits per heavy atom. The van der Waals surface area contributed by atoms with E-state index in [1.165, 1.54) is 0 Å².